The summed E-state index contributed by atoms with van der Waals surface area (Å²) in [5, 5.41) is 1.49. The molecule has 1 aliphatic heterocycles. The molecule has 5 heteroatoms. The van der Waals surface area contributed by atoms with Crippen molar-refractivity contribution in [1.82, 2.24) is 5.06 Å². The lowest BCUT2D eigenvalue weighted by Gasteiger charge is -2.32. The van der Waals surface area contributed by atoms with Gasteiger partial charge >= 0.3 is 0 Å². The number of benzene rings is 1. The van der Waals surface area contributed by atoms with E-state index in [2.05, 4.69) is 0 Å². The lowest BCUT2D eigenvalue weighted by molar-refractivity contribution is -0.182. The third kappa shape index (κ3) is 2.00. The molecule has 2 fully saturated rings. The van der Waals surface area contributed by atoms with Crippen LogP contribution in [0, 0.1) is 0 Å². The Morgan fingerprint density at radius 2 is 2.05 bits per heavy atom. The van der Waals surface area contributed by atoms with E-state index >= 15 is 0 Å². The van der Waals surface area contributed by atoms with Crippen LogP contribution >= 0.6 is 0 Å². The highest BCUT2D eigenvalue weighted by Gasteiger charge is 2.41. The van der Waals surface area contributed by atoms with Crippen LogP contribution in [0.25, 0.3) is 0 Å². The molecule has 0 unspecified atom stereocenters. The molecule has 1 atom stereocenters. The second-order valence-electron chi connectivity index (χ2n) is 5.05. The van der Waals surface area contributed by atoms with Gasteiger partial charge in [0.1, 0.15) is 0 Å². The van der Waals surface area contributed by atoms with Gasteiger partial charge in [0, 0.05) is 5.56 Å². The van der Waals surface area contributed by atoms with Crippen LogP contribution < -0.4 is 5.73 Å². The Morgan fingerprint density at radius 1 is 1.32 bits per heavy atom. The maximum Gasteiger partial charge on any atom is 0.256 e. The van der Waals surface area contributed by atoms with E-state index in [1.54, 1.807) is 24.3 Å². The third-order valence-electron chi connectivity index (χ3n) is 3.90. The van der Waals surface area contributed by atoms with Crippen LogP contribution in [0.3, 0.4) is 0 Å². The van der Waals surface area contributed by atoms with E-state index in [1.165, 1.54) is 5.06 Å². The molecule has 2 N–H and O–H groups in total. The van der Waals surface area contributed by atoms with Crippen LogP contribution in [0.2, 0.25) is 0 Å². The molecule has 0 bridgehead atoms. The average Bonchev–Trinajstić information content (AvgIpc) is 2.69. The Balaban J connectivity index is 1.87. The summed E-state index contributed by atoms with van der Waals surface area (Å²) in [6.07, 6.45) is 3.13. The van der Waals surface area contributed by atoms with Gasteiger partial charge in [0.05, 0.1) is 18.6 Å². The second kappa shape index (κ2) is 4.66. The molecule has 5 nitrogen and oxygen atoms in total. The van der Waals surface area contributed by atoms with Gasteiger partial charge in [0.25, 0.3) is 5.91 Å². The molecule has 3 rings (SSSR count). The van der Waals surface area contributed by atoms with Gasteiger partial charge in [-0.3, -0.25) is 14.4 Å². The lowest BCUT2D eigenvalue weighted by Crippen LogP contribution is -2.40. The fourth-order valence-corrected chi connectivity index (χ4v) is 2.60. The van der Waals surface area contributed by atoms with Crippen molar-refractivity contribution in [2.24, 2.45) is 5.73 Å². The van der Waals surface area contributed by atoms with E-state index in [0.717, 1.165) is 19.3 Å². The fourth-order valence-electron chi connectivity index (χ4n) is 2.60. The van der Waals surface area contributed by atoms with Gasteiger partial charge in [0.15, 0.2) is 0 Å². The highest BCUT2D eigenvalue weighted by Crippen LogP contribution is 2.34. The van der Waals surface area contributed by atoms with Crippen molar-refractivity contribution in [1.29, 1.82) is 0 Å². The van der Waals surface area contributed by atoms with Crippen molar-refractivity contribution in [3.05, 3.63) is 35.4 Å². The summed E-state index contributed by atoms with van der Waals surface area (Å²) >= 11 is 0. The summed E-state index contributed by atoms with van der Waals surface area (Å²) in [7, 11) is 0. The van der Waals surface area contributed by atoms with E-state index in [9.17, 15) is 9.59 Å². The molecule has 1 aliphatic carbocycles. The van der Waals surface area contributed by atoms with E-state index in [4.69, 9.17) is 10.6 Å². The van der Waals surface area contributed by atoms with Gasteiger partial charge in [-0.1, -0.05) is 18.2 Å². The maximum absolute atomic E-state index is 12.4. The Labute approximate surface area is 111 Å². The molecule has 1 saturated carbocycles. The van der Waals surface area contributed by atoms with Gasteiger partial charge in [-0.15, -0.1) is 0 Å². The first-order chi connectivity index (χ1) is 9.18. The zero-order chi connectivity index (χ0) is 13.4. The number of carbonyl (C=O) groups is 2. The highest BCUT2D eigenvalue weighted by atomic mass is 16.7. The maximum atomic E-state index is 12.4. The minimum absolute atomic E-state index is 0.0570. The summed E-state index contributed by atoms with van der Waals surface area (Å²) in [6.45, 7) is 0.291. The molecule has 2 amide bonds. The Kier molecular flexibility index (Phi) is 2.98. The van der Waals surface area contributed by atoms with Crippen molar-refractivity contribution in [3.8, 4) is 0 Å². The molecule has 1 aromatic carbocycles. The first-order valence-electron chi connectivity index (χ1n) is 6.53. The van der Waals surface area contributed by atoms with Crippen LogP contribution in [0.4, 0.5) is 0 Å². The number of carbonyl (C=O) groups excluding carboxylic acids is 2. The normalized spacial score (nSPS) is 23.5. The molecule has 1 saturated heterocycles. The molecule has 19 heavy (non-hydrogen) atoms. The standard InChI is InChI=1S/C14H16N2O3/c15-13(17)11-7-2-1-6-10(11)12-8-19-16(14(12)18)9-4-3-5-9/h1-2,6-7,9,12H,3-5,8H2,(H2,15,17)/t12-/m0/s1. The number of hydrogen-bond donors (Lipinski definition) is 1. The van der Waals surface area contributed by atoms with Crippen molar-refractivity contribution in [2.45, 2.75) is 31.2 Å². The van der Waals surface area contributed by atoms with Crippen LogP contribution in [0.15, 0.2) is 24.3 Å². The van der Waals surface area contributed by atoms with Crippen molar-refractivity contribution in [2.75, 3.05) is 6.61 Å². The first kappa shape index (κ1) is 12.2. The second-order valence-corrected chi connectivity index (χ2v) is 5.05. The zero-order valence-corrected chi connectivity index (χ0v) is 10.5. The summed E-state index contributed by atoms with van der Waals surface area (Å²) < 4.78 is 0. The Bertz CT molecular complexity index is 525. The number of nitrogens with zero attached hydrogens (tertiary/aromatic N) is 1. The number of hydroxylamine groups is 2. The number of nitrogens with two attached hydrogens (primary N) is 1. The minimum atomic E-state index is -0.509. The minimum Gasteiger partial charge on any atom is -0.366 e. The van der Waals surface area contributed by atoms with Crippen LogP contribution in [-0.4, -0.2) is 29.5 Å². The zero-order valence-electron chi connectivity index (χ0n) is 10.5. The summed E-state index contributed by atoms with van der Waals surface area (Å²) in [6, 6.07) is 7.18. The van der Waals surface area contributed by atoms with Gasteiger partial charge < -0.3 is 5.73 Å². The molecule has 0 spiro atoms. The third-order valence-corrected chi connectivity index (χ3v) is 3.90. The molecule has 1 heterocycles. The van der Waals surface area contributed by atoms with E-state index < -0.39 is 11.8 Å². The van der Waals surface area contributed by atoms with E-state index in [1.807, 2.05) is 0 Å². The summed E-state index contributed by atoms with van der Waals surface area (Å²) in [5.74, 6) is -0.979. The predicted molar refractivity (Wildman–Crippen MR) is 68.1 cm³/mol. The summed E-state index contributed by atoms with van der Waals surface area (Å²) in [4.78, 5) is 29.3. The monoisotopic (exact) mass is 260 g/mol. The smallest absolute Gasteiger partial charge is 0.256 e. The topological polar surface area (TPSA) is 72.6 Å². The highest BCUT2D eigenvalue weighted by molar-refractivity contribution is 5.97. The molecule has 0 radical (unpaired) electrons. The van der Waals surface area contributed by atoms with Gasteiger partial charge in [-0.05, 0) is 30.9 Å². The largest absolute Gasteiger partial charge is 0.366 e. The number of amides is 2. The molecule has 100 valence electrons. The predicted octanol–water partition coefficient (Wildman–Crippen LogP) is 1.20. The van der Waals surface area contributed by atoms with Crippen molar-refractivity contribution in [3.63, 3.8) is 0 Å². The Hall–Kier alpha value is -1.88. The van der Waals surface area contributed by atoms with Crippen molar-refractivity contribution < 1.29 is 14.4 Å². The number of hydrogen-bond acceptors (Lipinski definition) is 3. The lowest BCUT2D eigenvalue weighted by atomic mass is 9.90. The quantitative estimate of drug-likeness (QED) is 0.887. The molecular weight excluding hydrogens is 244 g/mol. The molecule has 2 aliphatic rings. The van der Waals surface area contributed by atoms with E-state index in [-0.39, 0.29) is 11.9 Å². The van der Waals surface area contributed by atoms with Crippen LogP contribution in [-0.2, 0) is 9.63 Å². The average molecular weight is 260 g/mol. The first-order valence-corrected chi connectivity index (χ1v) is 6.53. The number of rotatable bonds is 3. The SMILES string of the molecule is NC(=O)c1ccccc1[C@@H]1CON(C2CCC2)C1=O. The van der Waals surface area contributed by atoms with Gasteiger partial charge in [-0.2, -0.15) is 0 Å². The molecular formula is C14H16N2O3. The van der Waals surface area contributed by atoms with Crippen LogP contribution in [0.5, 0.6) is 0 Å². The van der Waals surface area contributed by atoms with E-state index in [0.29, 0.717) is 17.7 Å². The molecule has 1 aromatic rings. The van der Waals surface area contributed by atoms with Gasteiger partial charge in [0.2, 0.25) is 5.91 Å². The fraction of sp³-hybridized carbons (Fsp3) is 0.429. The molecule has 0 aromatic heterocycles. The number of primary amides is 1. The Morgan fingerprint density at radius 3 is 2.68 bits per heavy atom. The van der Waals surface area contributed by atoms with Gasteiger partial charge in [-0.25, -0.2) is 5.06 Å². The van der Waals surface area contributed by atoms with Crippen molar-refractivity contribution >= 4 is 11.8 Å². The summed E-state index contributed by atoms with van der Waals surface area (Å²) in [5.41, 5.74) is 6.43. The van der Waals surface area contributed by atoms with Crippen LogP contribution in [0.1, 0.15) is 41.1 Å².